The van der Waals surface area contributed by atoms with E-state index >= 15 is 0 Å². The molecule has 1 aliphatic carbocycles. The van der Waals surface area contributed by atoms with Crippen molar-refractivity contribution in [2.24, 2.45) is 11.7 Å². The lowest BCUT2D eigenvalue weighted by molar-refractivity contribution is 0.202. The fraction of sp³-hybridized carbons (Fsp3) is 0.667. The molecule has 0 amide bonds. The molecule has 106 valence electrons. The molecule has 2 rings (SSSR count). The van der Waals surface area contributed by atoms with Gasteiger partial charge in [-0.15, -0.1) is 0 Å². The zero-order valence-corrected chi connectivity index (χ0v) is 12.0. The van der Waals surface area contributed by atoms with Crippen LogP contribution in [0, 0.1) is 5.92 Å². The molecule has 2 N–H and O–H groups in total. The average Bonchev–Trinajstić information content (AvgIpc) is 3.25. The lowest BCUT2D eigenvalue weighted by atomic mass is 10.1. The van der Waals surface area contributed by atoms with Crippen LogP contribution in [0.25, 0.3) is 0 Å². The van der Waals surface area contributed by atoms with Gasteiger partial charge in [-0.3, -0.25) is 0 Å². The van der Waals surface area contributed by atoms with Crippen LogP contribution in [-0.2, 0) is 11.2 Å². The molecule has 1 atom stereocenters. The van der Waals surface area contributed by atoms with Gasteiger partial charge in [-0.2, -0.15) is 0 Å². The number of methoxy groups -OCH3 is 1. The highest BCUT2D eigenvalue weighted by Gasteiger charge is 2.32. The topological polar surface area (TPSA) is 51.4 Å². The predicted molar refractivity (Wildman–Crippen MR) is 78.4 cm³/mol. The number of pyridine rings is 1. The van der Waals surface area contributed by atoms with Crippen molar-refractivity contribution in [2.75, 3.05) is 31.7 Å². The number of nitrogens with zero attached hydrogens (tertiary/aromatic N) is 2. The molecule has 1 aromatic rings. The number of hydrogen-bond acceptors (Lipinski definition) is 4. The summed E-state index contributed by atoms with van der Waals surface area (Å²) in [6.45, 7) is 4.61. The number of hydrogen-bond donors (Lipinski definition) is 1. The summed E-state index contributed by atoms with van der Waals surface area (Å²) in [6.07, 6.45) is 5.52. The van der Waals surface area contributed by atoms with Gasteiger partial charge in [0.2, 0.25) is 0 Å². The molecule has 1 aliphatic rings. The molecule has 1 fully saturated rings. The maximum absolute atomic E-state index is 5.57. The third-order valence-corrected chi connectivity index (χ3v) is 3.87. The zero-order chi connectivity index (χ0) is 13.7. The third kappa shape index (κ3) is 3.91. The van der Waals surface area contributed by atoms with Gasteiger partial charge >= 0.3 is 0 Å². The first-order valence-electron chi connectivity index (χ1n) is 7.17. The maximum atomic E-state index is 5.57. The summed E-state index contributed by atoms with van der Waals surface area (Å²) in [7, 11) is 1.75. The first-order valence-corrected chi connectivity index (χ1v) is 7.17. The van der Waals surface area contributed by atoms with Gasteiger partial charge in [0.15, 0.2) is 0 Å². The van der Waals surface area contributed by atoms with E-state index in [0.717, 1.165) is 31.3 Å². The lowest BCUT2D eigenvalue weighted by Gasteiger charge is -2.30. The number of rotatable bonds is 8. The Morgan fingerprint density at radius 3 is 2.79 bits per heavy atom. The summed E-state index contributed by atoms with van der Waals surface area (Å²) in [5.41, 5.74) is 6.77. The van der Waals surface area contributed by atoms with E-state index in [4.69, 9.17) is 10.5 Å². The third-order valence-electron chi connectivity index (χ3n) is 3.87. The first kappa shape index (κ1) is 14.3. The van der Waals surface area contributed by atoms with Crippen LogP contribution in [0.15, 0.2) is 18.3 Å². The van der Waals surface area contributed by atoms with Gasteiger partial charge in [-0.05, 0) is 50.3 Å². The zero-order valence-electron chi connectivity index (χ0n) is 12.0. The van der Waals surface area contributed by atoms with E-state index in [9.17, 15) is 0 Å². The SMILES string of the molecule is COCCN(c1ccc(CCN)cn1)C(C)C1CC1. The number of ether oxygens (including phenoxy) is 1. The van der Waals surface area contributed by atoms with Crippen LogP contribution < -0.4 is 10.6 Å². The van der Waals surface area contributed by atoms with E-state index in [0.29, 0.717) is 12.6 Å². The monoisotopic (exact) mass is 263 g/mol. The molecular weight excluding hydrogens is 238 g/mol. The smallest absolute Gasteiger partial charge is 0.128 e. The standard InChI is InChI=1S/C15H25N3O/c1-12(14-4-5-14)18(9-10-19-2)15-6-3-13(7-8-16)11-17-15/h3,6,11-12,14H,4-5,7-10,16H2,1-2H3. The molecule has 0 aliphatic heterocycles. The molecular formula is C15H25N3O. The molecule has 4 nitrogen and oxygen atoms in total. The summed E-state index contributed by atoms with van der Waals surface area (Å²) in [5.74, 6) is 1.87. The predicted octanol–water partition coefficient (Wildman–Crippen LogP) is 1.83. The van der Waals surface area contributed by atoms with E-state index in [1.165, 1.54) is 18.4 Å². The van der Waals surface area contributed by atoms with Crippen LogP contribution in [0.4, 0.5) is 5.82 Å². The van der Waals surface area contributed by atoms with Crippen LogP contribution in [0.3, 0.4) is 0 Å². The van der Waals surface area contributed by atoms with Crippen molar-refractivity contribution in [1.29, 1.82) is 0 Å². The molecule has 19 heavy (non-hydrogen) atoms. The molecule has 0 aromatic carbocycles. The van der Waals surface area contributed by atoms with Gasteiger partial charge in [0.25, 0.3) is 0 Å². The van der Waals surface area contributed by atoms with Crippen molar-refractivity contribution in [3.8, 4) is 0 Å². The molecule has 0 saturated heterocycles. The quantitative estimate of drug-likeness (QED) is 0.777. The van der Waals surface area contributed by atoms with Crippen molar-refractivity contribution < 1.29 is 4.74 Å². The second kappa shape index (κ2) is 6.87. The van der Waals surface area contributed by atoms with E-state index in [1.54, 1.807) is 7.11 Å². The molecule has 0 radical (unpaired) electrons. The largest absolute Gasteiger partial charge is 0.383 e. The Labute approximate surface area is 116 Å². The van der Waals surface area contributed by atoms with E-state index in [-0.39, 0.29) is 0 Å². The Bertz CT molecular complexity index is 375. The second-order valence-corrected chi connectivity index (χ2v) is 5.33. The minimum Gasteiger partial charge on any atom is -0.383 e. The Balaban J connectivity index is 2.07. The Kier molecular flexibility index (Phi) is 5.16. The molecule has 1 aromatic heterocycles. The Morgan fingerprint density at radius 2 is 2.26 bits per heavy atom. The van der Waals surface area contributed by atoms with Crippen molar-refractivity contribution in [1.82, 2.24) is 4.98 Å². The normalized spacial score (nSPS) is 16.4. The molecule has 4 heteroatoms. The minimum absolute atomic E-state index is 0.544. The van der Waals surface area contributed by atoms with Crippen molar-refractivity contribution in [2.45, 2.75) is 32.2 Å². The van der Waals surface area contributed by atoms with Gasteiger partial charge in [0, 0.05) is 25.9 Å². The summed E-state index contributed by atoms with van der Waals surface area (Å²) in [5, 5.41) is 0. The summed E-state index contributed by atoms with van der Waals surface area (Å²) < 4.78 is 5.22. The van der Waals surface area contributed by atoms with Crippen LogP contribution in [-0.4, -0.2) is 37.8 Å². The average molecular weight is 263 g/mol. The maximum Gasteiger partial charge on any atom is 0.128 e. The van der Waals surface area contributed by atoms with Crippen LogP contribution in [0.5, 0.6) is 0 Å². The van der Waals surface area contributed by atoms with Crippen molar-refractivity contribution >= 4 is 5.82 Å². The minimum atomic E-state index is 0.544. The molecule has 1 unspecified atom stereocenters. The number of nitrogens with two attached hydrogens (primary N) is 1. The lowest BCUT2D eigenvalue weighted by Crippen LogP contribution is -2.37. The van der Waals surface area contributed by atoms with E-state index < -0.39 is 0 Å². The molecule has 1 heterocycles. The molecule has 1 saturated carbocycles. The van der Waals surface area contributed by atoms with Crippen LogP contribution in [0.2, 0.25) is 0 Å². The van der Waals surface area contributed by atoms with Crippen molar-refractivity contribution in [3.05, 3.63) is 23.9 Å². The fourth-order valence-corrected chi connectivity index (χ4v) is 2.45. The van der Waals surface area contributed by atoms with Gasteiger partial charge in [-0.25, -0.2) is 4.98 Å². The highest BCUT2D eigenvalue weighted by molar-refractivity contribution is 5.41. The summed E-state index contributed by atoms with van der Waals surface area (Å²) >= 11 is 0. The number of anilines is 1. The summed E-state index contributed by atoms with van der Waals surface area (Å²) in [4.78, 5) is 6.97. The Hall–Kier alpha value is -1.13. The fourth-order valence-electron chi connectivity index (χ4n) is 2.45. The second-order valence-electron chi connectivity index (χ2n) is 5.33. The van der Waals surface area contributed by atoms with Crippen LogP contribution >= 0.6 is 0 Å². The van der Waals surface area contributed by atoms with E-state index in [2.05, 4.69) is 28.9 Å². The molecule has 0 bridgehead atoms. The highest BCUT2D eigenvalue weighted by atomic mass is 16.5. The first-order chi connectivity index (χ1) is 9.26. The van der Waals surface area contributed by atoms with Crippen molar-refractivity contribution in [3.63, 3.8) is 0 Å². The van der Waals surface area contributed by atoms with Crippen LogP contribution in [0.1, 0.15) is 25.3 Å². The molecule has 0 spiro atoms. The van der Waals surface area contributed by atoms with Gasteiger partial charge in [0.1, 0.15) is 5.82 Å². The van der Waals surface area contributed by atoms with E-state index in [1.807, 2.05) is 6.20 Å². The van der Waals surface area contributed by atoms with Gasteiger partial charge < -0.3 is 15.4 Å². The number of aromatic nitrogens is 1. The van der Waals surface area contributed by atoms with Gasteiger partial charge in [0.05, 0.1) is 6.61 Å². The van der Waals surface area contributed by atoms with Gasteiger partial charge in [-0.1, -0.05) is 6.07 Å². The highest BCUT2D eigenvalue weighted by Crippen LogP contribution is 2.36. The Morgan fingerprint density at radius 1 is 1.47 bits per heavy atom. The summed E-state index contributed by atoms with van der Waals surface area (Å²) in [6, 6.07) is 4.79.